The Morgan fingerprint density at radius 3 is 2.95 bits per heavy atom. The first kappa shape index (κ1) is 11.8. The van der Waals surface area contributed by atoms with Gasteiger partial charge in [-0.05, 0) is 30.8 Å². The molecule has 2 N–H and O–H groups in total. The summed E-state index contributed by atoms with van der Waals surface area (Å²) in [6.45, 7) is 3.40. The molecule has 1 aliphatic rings. The maximum Gasteiger partial charge on any atom is 0.213 e. The molecule has 3 aromatic rings. The highest BCUT2D eigenvalue weighted by molar-refractivity contribution is 7.71. The lowest BCUT2D eigenvalue weighted by Crippen LogP contribution is -2.13. The van der Waals surface area contributed by atoms with E-state index in [0.29, 0.717) is 23.7 Å². The molecule has 0 bridgehead atoms. The van der Waals surface area contributed by atoms with Gasteiger partial charge in [-0.2, -0.15) is 0 Å². The van der Waals surface area contributed by atoms with Crippen LogP contribution in [0.3, 0.4) is 0 Å². The second kappa shape index (κ2) is 3.99. The fourth-order valence-electron chi connectivity index (χ4n) is 3.17. The molecule has 1 aromatic carbocycles. The third-order valence-electron chi connectivity index (χ3n) is 4.18. The Hall–Kier alpha value is -2.01. The van der Waals surface area contributed by atoms with E-state index < -0.39 is 0 Å². The molecule has 0 atom stereocenters. The van der Waals surface area contributed by atoms with Gasteiger partial charge in [-0.1, -0.05) is 18.2 Å². The third kappa shape index (κ3) is 1.38. The maximum absolute atomic E-state index is 10.4. The van der Waals surface area contributed by atoms with Gasteiger partial charge in [-0.3, -0.25) is 4.57 Å². The van der Waals surface area contributed by atoms with E-state index in [1.807, 2.05) is 17.6 Å². The minimum atomic E-state index is 0.313. The third-order valence-corrected chi connectivity index (χ3v) is 4.62. The fourth-order valence-corrected chi connectivity index (χ4v) is 3.56. The Bertz CT molecular complexity index is 885. The van der Waals surface area contributed by atoms with E-state index in [2.05, 4.69) is 23.2 Å². The summed E-state index contributed by atoms with van der Waals surface area (Å²) in [6.07, 6.45) is 0.724. The number of hydrogen-bond acceptors (Lipinski definition) is 2. The second-order valence-electron chi connectivity index (χ2n) is 5.19. The number of fused-ring (bicyclic) bond motifs is 4. The van der Waals surface area contributed by atoms with Crippen molar-refractivity contribution in [3.63, 3.8) is 0 Å². The minimum Gasteiger partial charge on any atom is -0.493 e. The number of aromatic nitrogens is 3. The topological polar surface area (TPSA) is 45.9 Å². The summed E-state index contributed by atoms with van der Waals surface area (Å²) in [5.41, 5.74) is 4.55. The van der Waals surface area contributed by atoms with Crippen LogP contribution in [0, 0.1) is 4.77 Å². The first-order valence-electron chi connectivity index (χ1n) is 6.80. The Labute approximate surface area is 121 Å². The van der Waals surface area contributed by atoms with Crippen molar-refractivity contribution >= 4 is 23.1 Å². The van der Waals surface area contributed by atoms with Gasteiger partial charge in [0.25, 0.3) is 0 Å². The summed E-state index contributed by atoms with van der Waals surface area (Å²) in [6, 6.07) is 8.30. The molecule has 0 spiro atoms. The van der Waals surface area contributed by atoms with E-state index in [1.54, 1.807) is 4.57 Å². The van der Waals surface area contributed by atoms with Crippen LogP contribution in [-0.2, 0) is 19.5 Å². The van der Waals surface area contributed by atoms with Crippen LogP contribution in [0.4, 0.5) is 0 Å². The Morgan fingerprint density at radius 1 is 1.35 bits per heavy atom. The fraction of sp³-hybridized carbons (Fsp3) is 0.267. The average molecular weight is 285 g/mol. The molecule has 0 amide bonds. The molecule has 2 aromatic heterocycles. The van der Waals surface area contributed by atoms with Crippen molar-refractivity contribution in [3.8, 4) is 5.88 Å². The van der Waals surface area contributed by atoms with Crippen molar-refractivity contribution in [3.05, 3.63) is 46.0 Å². The van der Waals surface area contributed by atoms with Crippen molar-refractivity contribution in [2.75, 3.05) is 0 Å². The van der Waals surface area contributed by atoms with Crippen LogP contribution < -0.4 is 0 Å². The van der Waals surface area contributed by atoms with Crippen LogP contribution in [0.15, 0.2) is 24.3 Å². The number of hydrogen-bond donors (Lipinski definition) is 2. The number of aromatic hydroxyl groups is 1. The van der Waals surface area contributed by atoms with E-state index in [0.717, 1.165) is 17.6 Å². The molecule has 0 saturated heterocycles. The van der Waals surface area contributed by atoms with Crippen molar-refractivity contribution in [2.45, 2.75) is 26.4 Å². The SMILES string of the molecule is CCn1c(O)c2n(c1=S)Cc1[nH]c3ccccc3c1C2. The molecule has 0 unspecified atom stereocenters. The van der Waals surface area contributed by atoms with Gasteiger partial charge in [0.1, 0.15) is 0 Å². The zero-order valence-electron chi connectivity index (χ0n) is 11.2. The molecular formula is C15H15N3OS. The standard InChI is InChI=1S/C15H15N3OS/c1-2-17-14(19)13-7-10-9-5-3-4-6-11(9)16-12(10)8-18(13)15(17)20/h3-6,16,19H,2,7-8H2,1H3. The number of aromatic amines is 1. The lowest BCUT2D eigenvalue weighted by atomic mass is 10.0. The Kier molecular flexibility index (Phi) is 2.35. The summed E-state index contributed by atoms with van der Waals surface area (Å²) in [5, 5.41) is 11.6. The first-order chi connectivity index (χ1) is 9.70. The number of para-hydroxylation sites is 1. The van der Waals surface area contributed by atoms with E-state index in [9.17, 15) is 5.11 Å². The predicted octanol–water partition coefficient (Wildman–Crippen LogP) is 3.18. The smallest absolute Gasteiger partial charge is 0.213 e. The molecule has 3 heterocycles. The first-order valence-corrected chi connectivity index (χ1v) is 7.21. The minimum absolute atomic E-state index is 0.313. The van der Waals surface area contributed by atoms with Crippen LogP contribution in [0.25, 0.3) is 10.9 Å². The number of nitrogens with zero attached hydrogens (tertiary/aromatic N) is 2. The van der Waals surface area contributed by atoms with Gasteiger partial charge in [0.05, 0.1) is 12.2 Å². The molecule has 4 nitrogen and oxygen atoms in total. The molecule has 4 rings (SSSR count). The number of imidazole rings is 1. The van der Waals surface area contributed by atoms with E-state index in [-0.39, 0.29) is 0 Å². The number of benzene rings is 1. The van der Waals surface area contributed by atoms with Crippen molar-refractivity contribution in [1.82, 2.24) is 14.1 Å². The molecule has 5 heteroatoms. The normalized spacial score (nSPS) is 13.4. The van der Waals surface area contributed by atoms with Crippen LogP contribution in [0.2, 0.25) is 0 Å². The van der Waals surface area contributed by atoms with Crippen molar-refractivity contribution in [2.24, 2.45) is 0 Å². The summed E-state index contributed by atoms with van der Waals surface area (Å²) < 4.78 is 4.52. The van der Waals surface area contributed by atoms with Crippen molar-refractivity contribution in [1.29, 1.82) is 0 Å². The highest BCUT2D eigenvalue weighted by Gasteiger charge is 2.25. The number of rotatable bonds is 1. The summed E-state index contributed by atoms with van der Waals surface area (Å²) >= 11 is 5.46. The lowest BCUT2D eigenvalue weighted by molar-refractivity contribution is 0.415. The van der Waals surface area contributed by atoms with Gasteiger partial charge in [0.15, 0.2) is 4.77 Å². The highest BCUT2D eigenvalue weighted by atomic mass is 32.1. The van der Waals surface area contributed by atoms with Crippen LogP contribution in [0.1, 0.15) is 23.9 Å². The van der Waals surface area contributed by atoms with Gasteiger partial charge in [-0.15, -0.1) is 0 Å². The summed E-state index contributed by atoms with van der Waals surface area (Å²) in [5.74, 6) is 0.313. The zero-order valence-corrected chi connectivity index (χ0v) is 12.0. The molecule has 0 saturated carbocycles. The average Bonchev–Trinajstić information content (AvgIpc) is 2.94. The molecular weight excluding hydrogens is 270 g/mol. The Morgan fingerprint density at radius 2 is 2.15 bits per heavy atom. The van der Waals surface area contributed by atoms with Crippen LogP contribution >= 0.6 is 12.2 Å². The molecule has 0 fully saturated rings. The van der Waals surface area contributed by atoms with E-state index >= 15 is 0 Å². The van der Waals surface area contributed by atoms with Crippen molar-refractivity contribution < 1.29 is 5.11 Å². The zero-order chi connectivity index (χ0) is 13.9. The Balaban J connectivity index is 1.97. The van der Waals surface area contributed by atoms with E-state index in [1.165, 1.54) is 16.6 Å². The summed E-state index contributed by atoms with van der Waals surface area (Å²) in [4.78, 5) is 3.47. The van der Waals surface area contributed by atoms with Crippen LogP contribution in [0.5, 0.6) is 5.88 Å². The second-order valence-corrected chi connectivity index (χ2v) is 5.55. The molecule has 0 radical (unpaired) electrons. The monoisotopic (exact) mass is 285 g/mol. The number of H-pyrrole nitrogens is 1. The lowest BCUT2D eigenvalue weighted by Gasteiger charge is -2.15. The number of nitrogens with one attached hydrogen (secondary N) is 1. The molecule has 1 aliphatic heterocycles. The maximum atomic E-state index is 10.4. The predicted molar refractivity (Wildman–Crippen MR) is 80.8 cm³/mol. The van der Waals surface area contributed by atoms with Gasteiger partial charge >= 0.3 is 0 Å². The van der Waals surface area contributed by atoms with E-state index in [4.69, 9.17) is 12.2 Å². The molecule has 102 valence electrons. The van der Waals surface area contributed by atoms with Crippen LogP contribution in [-0.4, -0.2) is 19.2 Å². The quantitative estimate of drug-likeness (QED) is 0.528. The van der Waals surface area contributed by atoms with Gasteiger partial charge < -0.3 is 14.7 Å². The van der Waals surface area contributed by atoms with Gasteiger partial charge in [0, 0.05) is 29.6 Å². The molecule has 0 aliphatic carbocycles. The highest BCUT2D eigenvalue weighted by Crippen LogP contribution is 2.34. The summed E-state index contributed by atoms with van der Waals surface area (Å²) in [7, 11) is 0. The molecule has 20 heavy (non-hydrogen) atoms. The largest absolute Gasteiger partial charge is 0.493 e. The van der Waals surface area contributed by atoms with Gasteiger partial charge in [0.2, 0.25) is 5.88 Å². The van der Waals surface area contributed by atoms with Gasteiger partial charge in [-0.25, -0.2) is 0 Å².